The molecule has 5 heteroatoms. The summed E-state index contributed by atoms with van der Waals surface area (Å²) in [5.41, 5.74) is 28.8. The van der Waals surface area contributed by atoms with Crippen LogP contribution in [0.1, 0.15) is 180 Å². The van der Waals surface area contributed by atoms with Gasteiger partial charge in [-0.3, -0.25) is 0 Å². The molecule has 4 aliphatic heterocycles. The van der Waals surface area contributed by atoms with Crippen LogP contribution in [-0.2, 0) is 27.1 Å². The zero-order valence-electron chi connectivity index (χ0n) is 52.5. The number of benzene rings is 8. The Morgan fingerprint density at radius 3 is 1.48 bits per heavy atom. The van der Waals surface area contributed by atoms with Crippen LogP contribution in [0, 0.1) is 13.8 Å². The zero-order valence-corrected chi connectivity index (χ0v) is 52.5. The highest BCUT2D eigenvalue weighted by Crippen LogP contribution is 2.64. The molecule has 4 nitrogen and oxygen atoms in total. The first-order valence-electron chi connectivity index (χ1n) is 31.5. The molecular formula is C78H87BN4. The van der Waals surface area contributed by atoms with Gasteiger partial charge in [0.25, 0.3) is 6.71 Å². The molecule has 4 heterocycles. The molecule has 422 valence electrons. The van der Waals surface area contributed by atoms with Crippen molar-refractivity contribution in [3.8, 4) is 11.1 Å². The van der Waals surface area contributed by atoms with Crippen molar-refractivity contribution >= 4 is 80.0 Å². The lowest BCUT2D eigenvalue weighted by molar-refractivity contribution is 0.195. The Bertz CT molecular complexity index is 3930. The van der Waals surface area contributed by atoms with Gasteiger partial charge in [0.2, 0.25) is 0 Å². The average Bonchev–Trinajstić information content (AvgIpc) is 2.54. The first kappa shape index (κ1) is 54.0. The van der Waals surface area contributed by atoms with Crippen LogP contribution in [0.3, 0.4) is 0 Å². The summed E-state index contributed by atoms with van der Waals surface area (Å²) in [5.74, 6) is 0. The average molecular weight is 1090 g/mol. The standard InChI is InChI=1S/C78H87BN4/c1-50-43-51(2)71-62(44-50)76(13)40-20-22-42-78(76,15)83(71)60-48-68-70-69(49-60)81(58-33-28-55(29-34-58)73(6,7)8)67-47-59(82-65-37-25-53(52-23-17-16-18-24-52)45-61(65)75(12)39-19-21-41-77(75,82)14)35-36-63(67)79(70)64-46-56(74(9,10)11)30-38-66(64)80(68)57-31-26-54(27-32-57)72(3,4)5/h16-18,23-38,43-49H,19-22,39-42H2,1-15H3. The Balaban J connectivity index is 1.08. The first-order valence-corrected chi connectivity index (χ1v) is 31.5. The van der Waals surface area contributed by atoms with Crippen molar-refractivity contribution in [3.05, 3.63) is 197 Å². The van der Waals surface area contributed by atoms with Crippen LogP contribution in [0.5, 0.6) is 0 Å². The number of fused-ring (bicyclic) bond motifs is 10. The molecule has 0 amide bonds. The van der Waals surface area contributed by atoms with Crippen LogP contribution in [0.15, 0.2) is 158 Å². The molecule has 8 aromatic carbocycles. The highest BCUT2D eigenvalue weighted by Gasteiger charge is 2.60. The van der Waals surface area contributed by atoms with E-state index in [-0.39, 0.29) is 44.9 Å². The molecule has 2 saturated carbocycles. The Kier molecular flexibility index (Phi) is 11.9. The number of hydrogen-bond acceptors (Lipinski definition) is 4. The molecule has 0 saturated heterocycles. The molecule has 8 aromatic rings. The van der Waals surface area contributed by atoms with Crippen LogP contribution in [0.4, 0.5) is 56.9 Å². The second-order valence-corrected chi connectivity index (χ2v) is 30.2. The van der Waals surface area contributed by atoms with Gasteiger partial charge in [0.1, 0.15) is 0 Å². The van der Waals surface area contributed by atoms with Gasteiger partial charge in [-0.2, -0.15) is 0 Å². The van der Waals surface area contributed by atoms with Gasteiger partial charge in [-0.25, -0.2) is 0 Å². The van der Waals surface area contributed by atoms with E-state index in [2.05, 4.69) is 281 Å². The summed E-state index contributed by atoms with van der Waals surface area (Å²) in [7, 11) is 0. The zero-order chi connectivity index (χ0) is 58.1. The third-order valence-corrected chi connectivity index (χ3v) is 22.1. The number of nitrogens with zero attached hydrogens (tertiary/aromatic N) is 4. The van der Waals surface area contributed by atoms with Crippen molar-refractivity contribution < 1.29 is 0 Å². The quantitative estimate of drug-likeness (QED) is 0.159. The Morgan fingerprint density at radius 2 is 0.892 bits per heavy atom. The van der Waals surface area contributed by atoms with E-state index in [1.165, 1.54) is 162 Å². The van der Waals surface area contributed by atoms with Crippen LogP contribution in [-0.4, -0.2) is 17.8 Å². The minimum absolute atomic E-state index is 0.000253. The minimum Gasteiger partial charge on any atom is -0.334 e. The molecule has 0 spiro atoms. The Morgan fingerprint density at radius 1 is 0.386 bits per heavy atom. The predicted octanol–water partition coefficient (Wildman–Crippen LogP) is 19.4. The monoisotopic (exact) mass is 1090 g/mol. The van der Waals surface area contributed by atoms with E-state index in [4.69, 9.17) is 0 Å². The van der Waals surface area contributed by atoms with E-state index in [1.54, 1.807) is 0 Å². The van der Waals surface area contributed by atoms with Crippen molar-refractivity contribution in [2.45, 2.75) is 193 Å². The summed E-state index contributed by atoms with van der Waals surface area (Å²) in [4.78, 5) is 11.0. The molecule has 2 fully saturated rings. The summed E-state index contributed by atoms with van der Waals surface area (Å²) in [6.45, 7) is 36.2. The van der Waals surface area contributed by atoms with Crippen LogP contribution < -0.4 is 36.0 Å². The first-order chi connectivity index (χ1) is 39.3. The maximum atomic E-state index is 2.86. The fourth-order valence-electron chi connectivity index (χ4n) is 17.0. The van der Waals surface area contributed by atoms with E-state index in [0.29, 0.717) is 0 Å². The molecule has 83 heavy (non-hydrogen) atoms. The summed E-state index contributed by atoms with van der Waals surface area (Å²) in [5, 5.41) is 0. The van der Waals surface area contributed by atoms with Crippen LogP contribution in [0.25, 0.3) is 11.1 Å². The summed E-state index contributed by atoms with van der Waals surface area (Å²) >= 11 is 0. The third kappa shape index (κ3) is 7.83. The molecule has 0 N–H and O–H groups in total. The number of rotatable bonds is 5. The lowest BCUT2D eigenvalue weighted by Crippen LogP contribution is -2.62. The lowest BCUT2D eigenvalue weighted by Gasteiger charge is -2.51. The van der Waals surface area contributed by atoms with Gasteiger partial charge < -0.3 is 19.6 Å². The second-order valence-electron chi connectivity index (χ2n) is 30.2. The lowest BCUT2D eigenvalue weighted by atomic mass is 9.33. The van der Waals surface area contributed by atoms with Gasteiger partial charge in [0.05, 0.1) is 11.1 Å². The summed E-state index contributed by atoms with van der Waals surface area (Å²) in [6.07, 6.45) is 9.55. The number of anilines is 10. The van der Waals surface area contributed by atoms with E-state index in [1.807, 2.05) is 0 Å². The third-order valence-electron chi connectivity index (χ3n) is 22.1. The Hall–Kier alpha value is -6.98. The van der Waals surface area contributed by atoms with Crippen molar-refractivity contribution in [1.82, 2.24) is 0 Å². The van der Waals surface area contributed by atoms with E-state index >= 15 is 0 Å². The van der Waals surface area contributed by atoms with E-state index in [9.17, 15) is 0 Å². The second kappa shape index (κ2) is 18.3. The van der Waals surface area contributed by atoms with Gasteiger partial charge >= 0.3 is 0 Å². The van der Waals surface area contributed by atoms with Crippen molar-refractivity contribution in [2.75, 3.05) is 19.6 Å². The summed E-state index contributed by atoms with van der Waals surface area (Å²) in [6, 6.07) is 63.2. The fraction of sp³-hybridized carbons (Fsp3) is 0.385. The molecule has 0 bridgehead atoms. The highest BCUT2D eigenvalue weighted by molar-refractivity contribution is 7.00. The van der Waals surface area contributed by atoms with Gasteiger partial charge in [-0.1, -0.05) is 198 Å². The van der Waals surface area contributed by atoms with Crippen molar-refractivity contribution in [1.29, 1.82) is 0 Å². The molecule has 0 radical (unpaired) electrons. The van der Waals surface area contributed by atoms with Gasteiger partial charge in [-0.05, 0) is 197 Å². The highest BCUT2D eigenvalue weighted by atomic mass is 15.3. The number of aryl methyl sites for hydroxylation is 2. The normalized spacial score (nSPS) is 23.3. The topological polar surface area (TPSA) is 13.0 Å². The molecule has 4 unspecified atom stereocenters. The summed E-state index contributed by atoms with van der Waals surface area (Å²) < 4.78 is 0. The number of hydrogen-bond donors (Lipinski definition) is 0. The van der Waals surface area contributed by atoms with Gasteiger partial charge in [0.15, 0.2) is 0 Å². The van der Waals surface area contributed by atoms with Gasteiger partial charge in [0, 0.05) is 67.7 Å². The maximum Gasteiger partial charge on any atom is 0.252 e. The van der Waals surface area contributed by atoms with Crippen molar-refractivity contribution in [2.24, 2.45) is 0 Å². The van der Waals surface area contributed by atoms with E-state index < -0.39 is 0 Å². The Labute approximate surface area is 498 Å². The predicted molar refractivity (Wildman–Crippen MR) is 357 cm³/mol. The SMILES string of the molecule is Cc1cc(C)c2c(c1)C1(C)CCCCC1(C)N2c1cc2c3c(c1)N(c1ccc(C(C)(C)C)cc1)c1cc(N4c5ccc(-c6ccccc6)cc5C5(C)CCCCC45C)ccc1B3c1cc(C(C)(C)C)ccc1N2c1ccc(C(C)(C)C)cc1. The fourth-order valence-corrected chi connectivity index (χ4v) is 17.0. The van der Waals surface area contributed by atoms with E-state index in [0.717, 1.165) is 12.8 Å². The largest absolute Gasteiger partial charge is 0.334 e. The van der Waals surface area contributed by atoms with Crippen LogP contribution >= 0.6 is 0 Å². The molecule has 2 aliphatic carbocycles. The minimum atomic E-state index is -0.148. The molecule has 6 aliphatic rings. The molecular weight excluding hydrogens is 1000 g/mol. The molecule has 4 atom stereocenters. The van der Waals surface area contributed by atoms with Gasteiger partial charge in [-0.15, -0.1) is 0 Å². The molecule has 0 aromatic heterocycles. The maximum absolute atomic E-state index is 2.86. The van der Waals surface area contributed by atoms with Crippen LogP contribution in [0.2, 0.25) is 0 Å². The molecule has 14 rings (SSSR count). The smallest absolute Gasteiger partial charge is 0.252 e. The van der Waals surface area contributed by atoms with Crippen molar-refractivity contribution in [3.63, 3.8) is 0 Å².